The molecule has 0 aromatic heterocycles. The van der Waals surface area contributed by atoms with Crippen LogP contribution in [0.15, 0.2) is 97.2 Å². The highest BCUT2D eigenvalue weighted by Crippen LogP contribution is 2.17. The van der Waals surface area contributed by atoms with Gasteiger partial charge in [0.2, 0.25) is 0 Å². The Morgan fingerprint density at radius 1 is 0.275 bits per heavy atom. The van der Waals surface area contributed by atoms with E-state index in [2.05, 4.69) is 106 Å². The van der Waals surface area contributed by atoms with E-state index in [-0.39, 0.29) is 31.6 Å². The van der Waals surface area contributed by atoms with E-state index in [9.17, 15) is 14.4 Å². The number of unbranched alkanes of at least 4 members (excludes halogenated alkanes) is 36. The molecule has 6 heteroatoms. The van der Waals surface area contributed by atoms with Crippen molar-refractivity contribution in [3.8, 4) is 0 Å². The van der Waals surface area contributed by atoms with Crippen LogP contribution in [0.2, 0.25) is 0 Å². The number of ether oxygens (including phenoxy) is 3. The fraction of sp³-hybridized carbons (Fsp3) is 0.743. The van der Waals surface area contributed by atoms with E-state index in [0.29, 0.717) is 12.8 Å². The second-order valence-corrected chi connectivity index (χ2v) is 22.7. The molecule has 460 valence electrons. The average molecular weight is 1110 g/mol. The van der Waals surface area contributed by atoms with E-state index in [1.54, 1.807) is 6.08 Å². The van der Waals surface area contributed by atoms with Crippen molar-refractivity contribution >= 4 is 17.9 Å². The minimum atomic E-state index is -0.826. The van der Waals surface area contributed by atoms with Crippen LogP contribution in [0.4, 0.5) is 0 Å². The summed E-state index contributed by atoms with van der Waals surface area (Å²) in [6, 6.07) is 0. The number of allylic oxidation sites excluding steroid dienone is 15. The summed E-state index contributed by atoms with van der Waals surface area (Å²) in [4.78, 5) is 38.3. The topological polar surface area (TPSA) is 78.9 Å². The van der Waals surface area contributed by atoms with Crippen molar-refractivity contribution < 1.29 is 28.6 Å². The monoisotopic (exact) mass is 1110 g/mol. The molecular weight excluding hydrogens is 985 g/mol. The Hall–Kier alpha value is -3.67. The van der Waals surface area contributed by atoms with Gasteiger partial charge in [-0.2, -0.15) is 0 Å². The molecule has 0 fully saturated rings. The smallest absolute Gasteiger partial charge is 0.309 e. The first-order valence-electron chi connectivity index (χ1n) is 34.2. The highest BCUT2D eigenvalue weighted by Gasteiger charge is 2.19. The quantitative estimate of drug-likeness (QED) is 0.0261. The first-order chi connectivity index (χ1) is 39.5. The number of esters is 3. The number of carbonyl (C=O) groups excluding carboxylic acids is 3. The lowest BCUT2D eigenvalue weighted by Crippen LogP contribution is -2.30. The van der Waals surface area contributed by atoms with E-state index in [1.807, 2.05) is 6.08 Å². The molecule has 0 aliphatic rings. The van der Waals surface area contributed by atoms with Crippen LogP contribution in [0.3, 0.4) is 0 Å². The van der Waals surface area contributed by atoms with Crippen LogP contribution < -0.4 is 0 Å². The van der Waals surface area contributed by atoms with Crippen LogP contribution in [0.25, 0.3) is 0 Å². The fourth-order valence-corrected chi connectivity index (χ4v) is 9.76. The number of hydrogen-bond donors (Lipinski definition) is 0. The van der Waals surface area contributed by atoms with Gasteiger partial charge < -0.3 is 14.2 Å². The first kappa shape index (κ1) is 76.3. The predicted molar refractivity (Wildman–Crippen MR) is 348 cm³/mol. The van der Waals surface area contributed by atoms with Crippen molar-refractivity contribution in [2.24, 2.45) is 0 Å². The summed E-state index contributed by atoms with van der Waals surface area (Å²) in [7, 11) is 0. The predicted octanol–water partition coefficient (Wildman–Crippen LogP) is 23.6. The Bertz CT molecular complexity index is 1560. The maximum absolute atomic E-state index is 12.9. The summed E-state index contributed by atoms with van der Waals surface area (Å²) in [5, 5.41) is 0. The van der Waals surface area contributed by atoms with Gasteiger partial charge in [-0.25, -0.2) is 0 Å². The maximum atomic E-state index is 12.9. The van der Waals surface area contributed by atoms with Crippen LogP contribution in [0, 0.1) is 0 Å². The Morgan fingerprint density at radius 2 is 0.537 bits per heavy atom. The summed E-state index contributed by atoms with van der Waals surface area (Å²) in [5.74, 6) is -1.04. The van der Waals surface area contributed by atoms with Gasteiger partial charge in [-0.3, -0.25) is 14.4 Å². The van der Waals surface area contributed by atoms with Gasteiger partial charge in [0.15, 0.2) is 6.10 Å². The molecule has 1 unspecified atom stereocenters. The van der Waals surface area contributed by atoms with Crippen molar-refractivity contribution in [1.29, 1.82) is 0 Å². The molecule has 0 radical (unpaired) electrons. The van der Waals surface area contributed by atoms with Gasteiger partial charge >= 0.3 is 17.9 Å². The van der Waals surface area contributed by atoms with Crippen molar-refractivity contribution in [1.82, 2.24) is 0 Å². The normalized spacial score (nSPS) is 12.7. The van der Waals surface area contributed by atoms with Crippen molar-refractivity contribution in [3.63, 3.8) is 0 Å². The number of rotatable bonds is 62. The van der Waals surface area contributed by atoms with Gasteiger partial charge in [-0.15, -0.1) is 0 Å². The minimum Gasteiger partial charge on any atom is -0.462 e. The molecule has 0 saturated carbocycles. The third-order valence-corrected chi connectivity index (χ3v) is 14.9. The molecule has 6 nitrogen and oxygen atoms in total. The van der Waals surface area contributed by atoms with Gasteiger partial charge in [0.1, 0.15) is 13.2 Å². The Balaban J connectivity index is 4.37. The third-order valence-electron chi connectivity index (χ3n) is 14.9. The molecular formula is C74H128O6. The maximum Gasteiger partial charge on any atom is 0.309 e. The third kappa shape index (κ3) is 65.1. The first-order valence-corrected chi connectivity index (χ1v) is 34.2. The molecule has 0 amide bonds. The second-order valence-electron chi connectivity index (χ2n) is 22.7. The largest absolute Gasteiger partial charge is 0.462 e. The SMILES string of the molecule is CC/C=C\C/C=C\C/C=C\C/C=C\C/C=C\CC(=O)OCC(COC(=O)CCCCCCCCCCCCCCCCCCCCCCCCCCCC)OC(=O)CCCCCCCC/C=C\C/C=C\C/C=C\CCCCCCC. The van der Waals surface area contributed by atoms with Crippen molar-refractivity contribution in [2.45, 2.75) is 341 Å². The van der Waals surface area contributed by atoms with Gasteiger partial charge in [-0.1, -0.05) is 330 Å². The summed E-state index contributed by atoms with van der Waals surface area (Å²) >= 11 is 0. The summed E-state index contributed by atoms with van der Waals surface area (Å²) in [6.45, 7) is 6.46. The zero-order chi connectivity index (χ0) is 57.8. The molecule has 0 heterocycles. The zero-order valence-electron chi connectivity index (χ0n) is 52.8. The highest BCUT2D eigenvalue weighted by atomic mass is 16.6. The Labute approximate surface area is 496 Å². The molecule has 80 heavy (non-hydrogen) atoms. The van der Waals surface area contributed by atoms with E-state index in [4.69, 9.17) is 14.2 Å². The zero-order valence-corrected chi connectivity index (χ0v) is 52.8. The van der Waals surface area contributed by atoms with Crippen molar-refractivity contribution in [3.05, 3.63) is 97.2 Å². The van der Waals surface area contributed by atoms with Gasteiger partial charge in [0.05, 0.1) is 6.42 Å². The minimum absolute atomic E-state index is 0.111. The second kappa shape index (κ2) is 67.8. The molecule has 0 rings (SSSR count). The molecule has 0 aromatic carbocycles. The van der Waals surface area contributed by atoms with Gasteiger partial charge in [-0.05, 0) is 83.5 Å². The van der Waals surface area contributed by atoms with Crippen LogP contribution in [0.1, 0.15) is 335 Å². The number of hydrogen-bond acceptors (Lipinski definition) is 6. The van der Waals surface area contributed by atoms with Crippen LogP contribution in [0.5, 0.6) is 0 Å². The lowest BCUT2D eigenvalue weighted by molar-refractivity contribution is -0.166. The van der Waals surface area contributed by atoms with Crippen molar-refractivity contribution in [2.75, 3.05) is 13.2 Å². The van der Waals surface area contributed by atoms with E-state index in [1.165, 1.54) is 199 Å². The van der Waals surface area contributed by atoms with E-state index < -0.39 is 12.1 Å². The van der Waals surface area contributed by atoms with E-state index in [0.717, 1.165) is 96.3 Å². The summed E-state index contributed by atoms with van der Waals surface area (Å²) in [5.41, 5.74) is 0. The summed E-state index contributed by atoms with van der Waals surface area (Å²) < 4.78 is 16.8. The van der Waals surface area contributed by atoms with Gasteiger partial charge in [0, 0.05) is 12.8 Å². The molecule has 0 saturated heterocycles. The molecule has 0 N–H and O–H groups in total. The average Bonchev–Trinajstić information content (AvgIpc) is 3.46. The fourth-order valence-electron chi connectivity index (χ4n) is 9.76. The Morgan fingerprint density at radius 3 is 0.875 bits per heavy atom. The number of carbonyl (C=O) groups is 3. The molecule has 0 aromatic rings. The lowest BCUT2D eigenvalue weighted by Gasteiger charge is -2.18. The lowest BCUT2D eigenvalue weighted by atomic mass is 10.0. The molecule has 0 bridgehead atoms. The van der Waals surface area contributed by atoms with Crippen LogP contribution in [-0.2, 0) is 28.6 Å². The summed E-state index contributed by atoms with van der Waals surface area (Å²) in [6.07, 6.45) is 91.8. The Kier molecular flexibility index (Phi) is 64.7. The standard InChI is InChI=1S/C74H128O6/c1-4-7-10-13-16-19-22-25-28-30-32-34-35-36-37-38-40-41-43-46-49-52-55-58-61-64-67-73(76)79-70-71(69-78-72(75)66-63-60-57-54-51-48-45-27-24-21-18-15-12-9-6-3)80-74(77)68-65-62-59-56-53-50-47-44-42-39-33-31-29-26-23-20-17-14-11-8-5-2/h9,12,18,21,23,26-27,31,33,42,44-45,51,54,60,63,71H,4-8,10-11,13-17,19-20,22,24-25,28-30,32,34-41,43,46-50,52-53,55-59,61-62,64-70H2,1-3H3/b12-9-,21-18-,26-23-,33-31-,44-42-,45-27-,54-51-,63-60-. The molecule has 0 aliphatic carbocycles. The van der Waals surface area contributed by atoms with Crippen LogP contribution in [-0.4, -0.2) is 37.2 Å². The van der Waals surface area contributed by atoms with Gasteiger partial charge in [0.25, 0.3) is 0 Å². The molecule has 1 atom stereocenters. The molecule has 0 aliphatic heterocycles. The highest BCUT2D eigenvalue weighted by molar-refractivity contribution is 5.72. The molecule has 0 spiro atoms. The van der Waals surface area contributed by atoms with Crippen LogP contribution >= 0.6 is 0 Å². The van der Waals surface area contributed by atoms with E-state index >= 15 is 0 Å².